The molecule has 1 atom stereocenters. The average Bonchev–Trinajstić information content (AvgIpc) is 3.49. The number of hydrogen-bond donors (Lipinski definition) is 2. The van der Waals surface area contributed by atoms with Crippen molar-refractivity contribution in [3.63, 3.8) is 0 Å². The van der Waals surface area contributed by atoms with Gasteiger partial charge in [0.15, 0.2) is 0 Å². The number of H-pyrrole nitrogens is 1. The number of nitriles is 1. The minimum Gasteiger partial charge on any atom is -0.420 e. The molecule has 0 saturated carbocycles. The molecule has 2 aromatic heterocycles. The number of nitrogens with two attached hydrogens (primary N) is 1. The number of aromatic amines is 1. The zero-order chi connectivity index (χ0) is 22.1. The van der Waals surface area contributed by atoms with Crippen molar-refractivity contribution in [2.24, 2.45) is 5.73 Å². The van der Waals surface area contributed by atoms with E-state index in [0.29, 0.717) is 49.1 Å². The van der Waals surface area contributed by atoms with Crippen molar-refractivity contribution in [3.05, 3.63) is 64.4 Å². The predicted molar refractivity (Wildman–Crippen MR) is 116 cm³/mol. The fourth-order valence-electron chi connectivity index (χ4n) is 3.88. The van der Waals surface area contributed by atoms with Crippen molar-refractivity contribution in [2.75, 3.05) is 26.3 Å². The van der Waals surface area contributed by atoms with Crippen molar-refractivity contribution >= 4 is 17.4 Å². The van der Waals surface area contributed by atoms with Crippen LogP contribution >= 0.6 is 11.3 Å². The standard InChI is InChI=1S/C22H19N5O4S/c23-12-14-17(18-19(16-6-3-11-32-16)25-26-21(18)31-20(14)24)13-4-1-2-5-15(13)30-22(28)27-7-9-29-10-8-27/h1-6,11,17H,7-10,24H2,(H,25,26)/t17-/m0/s1. The lowest BCUT2D eigenvalue weighted by molar-refractivity contribution is 0.0415. The number of thiophene rings is 1. The highest BCUT2D eigenvalue weighted by atomic mass is 32.1. The Balaban J connectivity index is 1.60. The number of para-hydroxylation sites is 1. The second-order valence-corrected chi connectivity index (χ2v) is 8.17. The third-order valence-electron chi connectivity index (χ3n) is 5.40. The Morgan fingerprint density at radius 3 is 2.84 bits per heavy atom. The Hall–Kier alpha value is -3.81. The van der Waals surface area contributed by atoms with Gasteiger partial charge in [0.2, 0.25) is 11.8 Å². The smallest absolute Gasteiger partial charge is 0.415 e. The molecule has 3 aromatic rings. The monoisotopic (exact) mass is 449 g/mol. The maximum Gasteiger partial charge on any atom is 0.415 e. The molecule has 0 spiro atoms. The maximum absolute atomic E-state index is 12.8. The summed E-state index contributed by atoms with van der Waals surface area (Å²) in [6.07, 6.45) is -0.464. The van der Waals surface area contributed by atoms with Crippen LogP contribution < -0.4 is 15.2 Å². The lowest BCUT2D eigenvalue weighted by Gasteiger charge is -2.28. The number of aromatic nitrogens is 2. The molecule has 0 aliphatic carbocycles. The minimum atomic E-state index is -0.617. The third-order valence-corrected chi connectivity index (χ3v) is 6.29. The SMILES string of the molecule is N#CC1=C(N)Oc2n[nH]c(-c3cccs3)c2[C@H]1c1ccccc1OC(=O)N1CCOCC1. The van der Waals surface area contributed by atoms with Gasteiger partial charge in [-0.2, -0.15) is 5.26 Å². The van der Waals surface area contributed by atoms with Crippen LogP contribution in [0.25, 0.3) is 10.6 Å². The first-order chi connectivity index (χ1) is 15.7. The Bertz CT molecular complexity index is 1220. The summed E-state index contributed by atoms with van der Waals surface area (Å²) in [4.78, 5) is 15.3. The summed E-state index contributed by atoms with van der Waals surface area (Å²) in [6.45, 7) is 1.86. The number of nitrogens with zero attached hydrogens (tertiary/aromatic N) is 3. The number of ether oxygens (including phenoxy) is 3. The van der Waals surface area contributed by atoms with Crippen molar-refractivity contribution in [1.29, 1.82) is 5.26 Å². The van der Waals surface area contributed by atoms with Crippen molar-refractivity contribution < 1.29 is 19.0 Å². The fourth-order valence-corrected chi connectivity index (χ4v) is 4.62. The van der Waals surface area contributed by atoms with Crippen LogP contribution in [-0.2, 0) is 4.74 Å². The predicted octanol–water partition coefficient (Wildman–Crippen LogP) is 3.19. The Kier molecular flexibility index (Phi) is 5.26. The molecule has 0 bridgehead atoms. The van der Waals surface area contributed by atoms with Gasteiger partial charge in [0.05, 0.1) is 35.3 Å². The van der Waals surface area contributed by atoms with E-state index in [4.69, 9.17) is 19.9 Å². The molecular formula is C22H19N5O4S. The van der Waals surface area contributed by atoms with Gasteiger partial charge in [0, 0.05) is 18.7 Å². The topological polar surface area (TPSA) is 126 Å². The van der Waals surface area contributed by atoms with Gasteiger partial charge in [-0.3, -0.25) is 5.10 Å². The molecule has 5 rings (SSSR count). The minimum absolute atomic E-state index is 0.0245. The van der Waals surface area contributed by atoms with E-state index in [9.17, 15) is 10.1 Å². The van der Waals surface area contributed by atoms with Gasteiger partial charge in [-0.15, -0.1) is 16.4 Å². The van der Waals surface area contributed by atoms with E-state index in [0.717, 1.165) is 10.6 Å². The first kappa shape index (κ1) is 20.1. The van der Waals surface area contributed by atoms with Crippen LogP contribution in [-0.4, -0.2) is 47.5 Å². The summed E-state index contributed by atoms with van der Waals surface area (Å²) >= 11 is 1.53. The van der Waals surface area contributed by atoms with Crippen molar-refractivity contribution in [3.8, 4) is 28.3 Å². The molecule has 1 amide bonds. The molecule has 4 heterocycles. The fraction of sp³-hybridized carbons (Fsp3) is 0.227. The molecule has 1 aromatic carbocycles. The van der Waals surface area contributed by atoms with Crippen LogP contribution in [0.1, 0.15) is 17.0 Å². The second-order valence-electron chi connectivity index (χ2n) is 7.22. The van der Waals surface area contributed by atoms with Gasteiger partial charge in [-0.25, -0.2) is 4.79 Å². The molecule has 1 fully saturated rings. The zero-order valence-electron chi connectivity index (χ0n) is 16.9. The van der Waals surface area contributed by atoms with E-state index in [1.165, 1.54) is 11.3 Å². The molecular weight excluding hydrogens is 430 g/mol. The lowest BCUT2D eigenvalue weighted by Crippen LogP contribution is -2.42. The summed E-state index contributed by atoms with van der Waals surface area (Å²) in [5.41, 5.74) is 8.34. The molecule has 32 heavy (non-hydrogen) atoms. The van der Waals surface area contributed by atoms with Gasteiger partial charge in [-0.05, 0) is 17.5 Å². The highest BCUT2D eigenvalue weighted by Crippen LogP contribution is 2.48. The summed E-state index contributed by atoms with van der Waals surface area (Å²) in [5.74, 6) is 0.00163. The largest absolute Gasteiger partial charge is 0.420 e. The number of amides is 1. The average molecular weight is 449 g/mol. The van der Waals surface area contributed by atoms with Gasteiger partial charge < -0.3 is 24.8 Å². The first-order valence-corrected chi connectivity index (χ1v) is 10.9. The van der Waals surface area contributed by atoms with E-state index >= 15 is 0 Å². The van der Waals surface area contributed by atoms with Crippen LogP contribution in [0.5, 0.6) is 11.6 Å². The maximum atomic E-state index is 12.8. The van der Waals surface area contributed by atoms with E-state index in [-0.39, 0.29) is 11.5 Å². The number of hydrogen-bond acceptors (Lipinski definition) is 8. The Labute approximate surface area is 187 Å². The zero-order valence-corrected chi connectivity index (χ0v) is 17.7. The summed E-state index contributed by atoms with van der Waals surface area (Å²) in [7, 11) is 0. The van der Waals surface area contributed by atoms with E-state index < -0.39 is 12.0 Å². The van der Waals surface area contributed by atoms with Crippen LogP contribution in [0, 0.1) is 11.3 Å². The highest BCUT2D eigenvalue weighted by Gasteiger charge is 2.37. The number of morpholine rings is 1. The summed E-state index contributed by atoms with van der Waals surface area (Å²) < 4.78 is 16.7. The molecule has 0 radical (unpaired) electrons. The molecule has 9 nitrogen and oxygen atoms in total. The van der Waals surface area contributed by atoms with E-state index in [2.05, 4.69) is 16.3 Å². The molecule has 3 N–H and O–H groups in total. The second kappa shape index (κ2) is 8.37. The summed E-state index contributed by atoms with van der Waals surface area (Å²) in [5, 5.41) is 19.2. The third kappa shape index (κ3) is 3.47. The number of allylic oxidation sites excluding steroid dienone is 1. The normalized spacial score (nSPS) is 18.0. The van der Waals surface area contributed by atoms with Crippen LogP contribution in [0.4, 0.5) is 4.79 Å². The Morgan fingerprint density at radius 2 is 2.09 bits per heavy atom. The van der Waals surface area contributed by atoms with Crippen LogP contribution in [0.2, 0.25) is 0 Å². The number of nitrogens with one attached hydrogen (secondary N) is 1. The molecule has 1 saturated heterocycles. The quantitative estimate of drug-likeness (QED) is 0.629. The highest BCUT2D eigenvalue weighted by molar-refractivity contribution is 7.13. The molecule has 0 unspecified atom stereocenters. The molecule has 10 heteroatoms. The van der Waals surface area contributed by atoms with Crippen molar-refractivity contribution in [1.82, 2.24) is 15.1 Å². The molecule has 162 valence electrons. The van der Waals surface area contributed by atoms with Gasteiger partial charge in [0.1, 0.15) is 17.4 Å². The first-order valence-electron chi connectivity index (χ1n) is 10.0. The van der Waals surface area contributed by atoms with Crippen LogP contribution in [0.3, 0.4) is 0 Å². The molecule has 2 aliphatic rings. The number of rotatable bonds is 3. The van der Waals surface area contributed by atoms with Crippen LogP contribution in [0.15, 0.2) is 53.2 Å². The summed E-state index contributed by atoms with van der Waals surface area (Å²) in [6, 6.07) is 13.2. The number of benzene rings is 1. The van der Waals surface area contributed by atoms with E-state index in [1.807, 2.05) is 29.6 Å². The number of carbonyl (C=O) groups is 1. The Morgan fingerprint density at radius 1 is 1.28 bits per heavy atom. The number of carbonyl (C=O) groups excluding carboxylic acids is 1. The van der Waals surface area contributed by atoms with Gasteiger partial charge in [0.25, 0.3) is 0 Å². The van der Waals surface area contributed by atoms with E-state index in [1.54, 1.807) is 17.0 Å². The van der Waals surface area contributed by atoms with Crippen molar-refractivity contribution in [2.45, 2.75) is 5.92 Å². The number of fused-ring (bicyclic) bond motifs is 1. The van der Waals surface area contributed by atoms with Gasteiger partial charge >= 0.3 is 6.09 Å². The molecule has 2 aliphatic heterocycles. The lowest BCUT2D eigenvalue weighted by atomic mass is 9.83. The van der Waals surface area contributed by atoms with Gasteiger partial charge in [-0.1, -0.05) is 24.3 Å².